The maximum Gasteiger partial charge on any atom is 0.262 e. The third kappa shape index (κ3) is 16.3. The zero-order valence-electron chi connectivity index (χ0n) is 45.4. The van der Waals surface area contributed by atoms with Gasteiger partial charge in [0.15, 0.2) is 5.78 Å². The number of anilines is 2. The van der Waals surface area contributed by atoms with Crippen LogP contribution in [0.3, 0.4) is 0 Å². The van der Waals surface area contributed by atoms with E-state index in [1.807, 2.05) is 30.3 Å². The van der Waals surface area contributed by atoms with Gasteiger partial charge in [0.25, 0.3) is 11.8 Å². The fourth-order valence-corrected chi connectivity index (χ4v) is 10.6. The summed E-state index contributed by atoms with van der Waals surface area (Å²) in [7, 11) is 0. The SMILES string of the molecule is O=C(CN1CCN(c2ccc(C(=O)Cc3[nH]nc4ccc(Cc5cc(F)cc(F)c5)cc34)c(CC3CCOCC3)c2)CC1)NCCOCCOCCOCCOCCOCCNc1ccc2c(c1)C(=O)N(C1CCC(=O)NC1=O)C2=O. The first-order valence-corrected chi connectivity index (χ1v) is 27.8. The number of aromatic amines is 1. The lowest BCUT2D eigenvalue weighted by Gasteiger charge is -2.36. The minimum absolute atomic E-state index is 0.0180. The number of carbonyl (C=O) groups excluding carboxylic acids is 6. The molecule has 0 spiro atoms. The van der Waals surface area contributed by atoms with Crippen LogP contribution in [0, 0.1) is 17.6 Å². The lowest BCUT2D eigenvalue weighted by molar-refractivity contribution is -0.136. The molecule has 22 heteroatoms. The lowest BCUT2D eigenvalue weighted by atomic mass is 9.88. The number of H-pyrrole nitrogens is 1. The number of Topliss-reactive ketones (excluding diaryl/α,β-unsaturated/α-hetero) is 1. The number of ether oxygens (including phenoxy) is 6. The number of piperidine rings is 1. The van der Waals surface area contributed by atoms with Gasteiger partial charge in [0.1, 0.15) is 17.7 Å². The van der Waals surface area contributed by atoms with E-state index in [1.54, 1.807) is 18.2 Å². The number of fused-ring (bicyclic) bond motifs is 2. The van der Waals surface area contributed by atoms with E-state index in [0.717, 1.165) is 65.5 Å². The zero-order valence-corrected chi connectivity index (χ0v) is 45.4. The third-order valence-corrected chi connectivity index (χ3v) is 14.8. The maximum absolute atomic E-state index is 14.2. The maximum atomic E-state index is 14.2. The van der Waals surface area contributed by atoms with Crippen molar-refractivity contribution in [2.24, 2.45) is 5.92 Å². The highest BCUT2D eigenvalue weighted by molar-refractivity contribution is 6.23. The van der Waals surface area contributed by atoms with E-state index in [2.05, 4.69) is 42.0 Å². The Bertz CT molecular complexity index is 3000. The van der Waals surface area contributed by atoms with E-state index in [-0.39, 0.29) is 48.6 Å². The number of carbonyl (C=O) groups is 6. The van der Waals surface area contributed by atoms with Crippen LogP contribution in [0.1, 0.15) is 79.1 Å². The molecule has 1 aromatic heterocycles. The molecule has 1 atom stereocenters. The largest absolute Gasteiger partial charge is 0.383 e. The number of hydrogen-bond acceptors (Lipinski definition) is 16. The second-order valence-corrected chi connectivity index (χ2v) is 20.5. The van der Waals surface area contributed by atoms with Crippen molar-refractivity contribution in [3.63, 3.8) is 0 Å². The summed E-state index contributed by atoms with van der Waals surface area (Å²) >= 11 is 0. The van der Waals surface area contributed by atoms with Crippen LogP contribution in [0.5, 0.6) is 0 Å². The average molecular weight is 1120 g/mol. The Labute approximate surface area is 468 Å². The predicted octanol–water partition coefficient (Wildman–Crippen LogP) is 4.66. The quantitative estimate of drug-likeness (QED) is 0.0278. The molecule has 3 fully saturated rings. The number of ketones is 1. The summed E-state index contributed by atoms with van der Waals surface area (Å²) in [5.74, 6) is -3.11. The number of aromatic nitrogens is 2. The van der Waals surface area contributed by atoms with E-state index in [0.29, 0.717) is 146 Å². The van der Waals surface area contributed by atoms with Gasteiger partial charge in [-0.3, -0.25) is 49.0 Å². The standard InChI is InChI=1S/C59H70F2N8O12/c60-43-31-41(32-44(61)35-43)29-40-1-6-51-50(33-40)52(66-65-51)37-54(70)47-5-3-46(34-42(47)30-39-9-17-76-18-10-39)68-15-13-67(14-16-68)38-56(72)63-12-20-78-22-24-80-26-28-81-27-25-79-23-21-77-19-11-62-45-2-4-48-49(36-45)59(75)69(58(48)74)53-7-8-55(71)64-57(53)73/h1-6,31-36,39,53,62H,7-30,37-38H2,(H,63,72)(H,65,66)(H,64,71,73). The van der Waals surface area contributed by atoms with Gasteiger partial charge in [-0.25, -0.2) is 8.78 Å². The number of hydrogen-bond donors (Lipinski definition) is 4. The van der Waals surface area contributed by atoms with Crippen LogP contribution in [0.4, 0.5) is 20.2 Å². The minimum atomic E-state index is -1.01. The monoisotopic (exact) mass is 1120 g/mol. The fourth-order valence-electron chi connectivity index (χ4n) is 10.6. The Kier molecular flexibility index (Phi) is 21.0. The Morgan fingerprint density at radius 2 is 1.36 bits per heavy atom. The molecule has 4 aliphatic heterocycles. The van der Waals surface area contributed by atoms with E-state index in [9.17, 15) is 37.5 Å². The van der Waals surface area contributed by atoms with Crippen LogP contribution in [0.2, 0.25) is 0 Å². The van der Waals surface area contributed by atoms with Crippen molar-refractivity contribution in [1.29, 1.82) is 0 Å². The molecule has 432 valence electrons. The van der Waals surface area contributed by atoms with Crippen LogP contribution >= 0.6 is 0 Å². The number of nitrogens with one attached hydrogen (secondary N) is 4. The van der Waals surface area contributed by atoms with Gasteiger partial charge in [0.05, 0.1) is 101 Å². The average Bonchev–Trinajstić information content (AvgIpc) is 4.22. The summed E-state index contributed by atoms with van der Waals surface area (Å²) in [6.45, 7) is 9.30. The first-order chi connectivity index (χ1) is 39.4. The van der Waals surface area contributed by atoms with Crippen LogP contribution in [-0.4, -0.2) is 186 Å². The summed E-state index contributed by atoms with van der Waals surface area (Å²) in [4.78, 5) is 82.1. The molecule has 4 N–H and O–H groups in total. The highest BCUT2D eigenvalue weighted by Crippen LogP contribution is 2.31. The first kappa shape index (κ1) is 58.6. The van der Waals surface area contributed by atoms with Crippen LogP contribution in [0.15, 0.2) is 72.8 Å². The molecule has 0 bridgehead atoms. The summed E-state index contributed by atoms with van der Waals surface area (Å²) in [6.07, 6.45) is 3.24. The molecule has 1 unspecified atom stereocenters. The van der Waals surface area contributed by atoms with Gasteiger partial charge in [0, 0.05) is 87.3 Å². The molecule has 4 aromatic carbocycles. The molecule has 0 radical (unpaired) electrons. The summed E-state index contributed by atoms with van der Waals surface area (Å²) in [6, 6.07) is 19.1. The second-order valence-electron chi connectivity index (χ2n) is 20.5. The summed E-state index contributed by atoms with van der Waals surface area (Å²) < 4.78 is 61.5. The highest BCUT2D eigenvalue weighted by atomic mass is 19.1. The van der Waals surface area contributed by atoms with Crippen LogP contribution < -0.4 is 20.9 Å². The van der Waals surface area contributed by atoms with E-state index in [1.165, 1.54) is 12.1 Å². The molecule has 9 rings (SSSR count). The van der Waals surface area contributed by atoms with Crippen molar-refractivity contribution in [2.75, 3.05) is 135 Å². The lowest BCUT2D eigenvalue weighted by Crippen LogP contribution is -2.54. The van der Waals surface area contributed by atoms with Gasteiger partial charge in [-0.2, -0.15) is 5.10 Å². The Hall–Kier alpha value is -7.05. The van der Waals surface area contributed by atoms with E-state index in [4.69, 9.17) is 28.4 Å². The van der Waals surface area contributed by atoms with Crippen LogP contribution in [-0.2, 0) is 62.1 Å². The van der Waals surface area contributed by atoms with Crippen molar-refractivity contribution in [3.8, 4) is 0 Å². The molecule has 5 aromatic rings. The number of halogens is 2. The van der Waals surface area contributed by atoms with Crippen molar-refractivity contribution in [3.05, 3.63) is 124 Å². The molecular formula is C59H70F2N8O12. The van der Waals surface area contributed by atoms with Crippen molar-refractivity contribution < 1.29 is 66.0 Å². The molecule has 0 aliphatic carbocycles. The van der Waals surface area contributed by atoms with Gasteiger partial charge < -0.3 is 44.0 Å². The normalized spacial score (nSPS) is 17.0. The molecule has 4 aliphatic rings. The van der Waals surface area contributed by atoms with Gasteiger partial charge in [-0.1, -0.05) is 6.07 Å². The first-order valence-electron chi connectivity index (χ1n) is 27.8. The van der Waals surface area contributed by atoms with Gasteiger partial charge in [0.2, 0.25) is 17.7 Å². The van der Waals surface area contributed by atoms with E-state index >= 15 is 0 Å². The Morgan fingerprint density at radius 3 is 2.05 bits per heavy atom. The fraction of sp³-hybridized carbons (Fsp3) is 0.475. The number of nitrogens with zero attached hydrogens (tertiary/aromatic N) is 4. The Balaban J connectivity index is 0.591. The number of amides is 5. The smallest absolute Gasteiger partial charge is 0.262 e. The molecule has 5 heterocycles. The van der Waals surface area contributed by atoms with Crippen molar-refractivity contribution in [2.45, 2.75) is 51.0 Å². The molecule has 3 saturated heterocycles. The van der Waals surface area contributed by atoms with Gasteiger partial charge in [-0.15, -0.1) is 0 Å². The Morgan fingerprint density at radius 1 is 0.691 bits per heavy atom. The number of benzene rings is 4. The third-order valence-electron chi connectivity index (χ3n) is 14.8. The number of piperazine rings is 1. The highest BCUT2D eigenvalue weighted by Gasteiger charge is 2.44. The summed E-state index contributed by atoms with van der Waals surface area (Å²) in [5.41, 5.74) is 6.57. The second kappa shape index (κ2) is 29.1. The minimum Gasteiger partial charge on any atom is -0.383 e. The van der Waals surface area contributed by atoms with Crippen molar-refractivity contribution in [1.82, 2.24) is 30.6 Å². The van der Waals surface area contributed by atoms with E-state index < -0.39 is 41.3 Å². The molecule has 20 nitrogen and oxygen atoms in total. The predicted molar refractivity (Wildman–Crippen MR) is 294 cm³/mol. The summed E-state index contributed by atoms with van der Waals surface area (Å²) in [5, 5.41) is 16.6. The molecule has 0 saturated carbocycles. The molecule has 5 amide bonds. The number of rotatable bonds is 30. The topological polar surface area (TPSA) is 232 Å². The molecular weight excluding hydrogens is 1050 g/mol. The number of imide groups is 2. The van der Waals surface area contributed by atoms with Crippen molar-refractivity contribution >= 4 is 57.6 Å². The van der Waals surface area contributed by atoms with Gasteiger partial charge >= 0.3 is 0 Å². The van der Waals surface area contributed by atoms with Crippen LogP contribution in [0.25, 0.3) is 10.9 Å². The molecule has 81 heavy (non-hydrogen) atoms. The zero-order chi connectivity index (χ0) is 56.5. The van der Waals surface area contributed by atoms with Gasteiger partial charge in [-0.05, 0) is 115 Å².